The molecule has 0 spiro atoms. The second-order valence-corrected chi connectivity index (χ2v) is 17.2. The van der Waals surface area contributed by atoms with Crippen LogP contribution in [0.25, 0.3) is 22.3 Å². The van der Waals surface area contributed by atoms with E-state index in [-0.39, 0.29) is 29.2 Å². The maximum Gasteiger partial charge on any atom is 0.494 e. The van der Waals surface area contributed by atoms with Gasteiger partial charge in [0.1, 0.15) is 0 Å². The molecule has 0 bridgehead atoms. The minimum Gasteiger partial charge on any atom is -0.399 e. The number of benzene rings is 5. The van der Waals surface area contributed by atoms with Crippen LogP contribution in [0.4, 0.5) is 11.4 Å². The van der Waals surface area contributed by atoms with Crippen molar-refractivity contribution in [3.63, 3.8) is 0 Å². The molecule has 3 nitrogen and oxygen atoms in total. The minimum atomic E-state index is -0.388. The van der Waals surface area contributed by atoms with Crippen LogP contribution in [0, 0.1) is 0 Å². The van der Waals surface area contributed by atoms with E-state index in [1.807, 2.05) is 0 Å². The summed E-state index contributed by atoms with van der Waals surface area (Å²) in [6.07, 6.45) is 5.94. The Bertz CT molecular complexity index is 2280. The Balaban J connectivity index is 1.13. The second kappa shape index (κ2) is 11.4. The average molecular weight is 682 g/mol. The molecule has 260 valence electrons. The number of anilines is 2. The van der Waals surface area contributed by atoms with Gasteiger partial charge in [-0.3, -0.25) is 0 Å². The van der Waals surface area contributed by atoms with Gasteiger partial charge in [0.15, 0.2) is 0 Å². The van der Waals surface area contributed by atoms with Gasteiger partial charge in [0, 0.05) is 33.8 Å². The van der Waals surface area contributed by atoms with E-state index in [1.54, 1.807) is 0 Å². The third-order valence-corrected chi connectivity index (χ3v) is 12.9. The fourth-order valence-electron chi connectivity index (χ4n) is 9.17. The average Bonchev–Trinajstić information content (AvgIpc) is 3.61. The Labute approximate surface area is 310 Å². The van der Waals surface area contributed by atoms with Crippen molar-refractivity contribution in [1.82, 2.24) is 0 Å². The Morgan fingerprint density at radius 3 is 1.88 bits per heavy atom. The SMILES string of the molecule is CC1(C)C2=CC(N(c3ccc(-c4ccccc4)cc3)c3ccc4c(c3)C(C)(C)c3cc(B5OC(C)(C)C(C)(C)O5)ccc3-4)=CCC2c2ccccc21. The van der Waals surface area contributed by atoms with Crippen LogP contribution in [0.15, 0.2) is 139 Å². The Morgan fingerprint density at radius 2 is 1.17 bits per heavy atom. The van der Waals surface area contributed by atoms with Crippen molar-refractivity contribution >= 4 is 24.0 Å². The van der Waals surface area contributed by atoms with Gasteiger partial charge in [0.2, 0.25) is 0 Å². The van der Waals surface area contributed by atoms with Crippen LogP contribution in [0.3, 0.4) is 0 Å². The van der Waals surface area contributed by atoms with Crippen LogP contribution in [0.5, 0.6) is 0 Å². The van der Waals surface area contributed by atoms with E-state index in [2.05, 4.69) is 188 Å². The van der Waals surface area contributed by atoms with Gasteiger partial charge in [-0.15, -0.1) is 0 Å². The fourth-order valence-corrected chi connectivity index (χ4v) is 9.17. The van der Waals surface area contributed by atoms with Crippen LogP contribution in [0.2, 0.25) is 0 Å². The molecule has 1 fully saturated rings. The molecule has 0 amide bonds. The second-order valence-electron chi connectivity index (χ2n) is 17.2. The Hall–Kier alpha value is -4.64. The quantitative estimate of drug-likeness (QED) is 0.172. The smallest absolute Gasteiger partial charge is 0.399 e. The molecule has 0 saturated carbocycles. The number of fused-ring (bicyclic) bond motifs is 6. The maximum absolute atomic E-state index is 6.48. The number of nitrogens with zero attached hydrogens (tertiary/aromatic N) is 1. The first-order chi connectivity index (χ1) is 24.8. The minimum absolute atomic E-state index is 0.0277. The van der Waals surface area contributed by atoms with Gasteiger partial charge in [-0.05, 0) is 114 Å². The molecule has 52 heavy (non-hydrogen) atoms. The molecule has 5 aromatic carbocycles. The van der Waals surface area contributed by atoms with Crippen molar-refractivity contribution in [1.29, 1.82) is 0 Å². The third-order valence-electron chi connectivity index (χ3n) is 12.9. The van der Waals surface area contributed by atoms with E-state index in [0.29, 0.717) is 5.92 Å². The topological polar surface area (TPSA) is 21.7 Å². The van der Waals surface area contributed by atoms with Crippen LogP contribution in [0.1, 0.15) is 90.0 Å². The zero-order valence-corrected chi connectivity index (χ0v) is 31.7. The van der Waals surface area contributed by atoms with Gasteiger partial charge >= 0.3 is 7.12 Å². The predicted molar refractivity (Wildman–Crippen MR) is 217 cm³/mol. The lowest BCUT2D eigenvalue weighted by molar-refractivity contribution is 0.00578. The summed E-state index contributed by atoms with van der Waals surface area (Å²) < 4.78 is 13.0. The summed E-state index contributed by atoms with van der Waals surface area (Å²) in [7, 11) is -0.388. The molecule has 0 radical (unpaired) electrons. The molecule has 4 aliphatic rings. The van der Waals surface area contributed by atoms with Gasteiger partial charge in [-0.2, -0.15) is 0 Å². The molecule has 9 rings (SSSR count). The van der Waals surface area contributed by atoms with E-state index < -0.39 is 0 Å². The molecule has 1 atom stereocenters. The van der Waals surface area contributed by atoms with Crippen LogP contribution in [-0.4, -0.2) is 18.3 Å². The summed E-state index contributed by atoms with van der Waals surface area (Å²) in [5.74, 6) is 0.420. The van der Waals surface area contributed by atoms with Crippen LogP contribution in [-0.2, 0) is 20.1 Å². The number of rotatable bonds is 5. The summed E-state index contributed by atoms with van der Waals surface area (Å²) in [4.78, 5) is 2.48. The standard InChI is InChI=1S/C48H48BNO2/c1-45(2)41-17-13-12-16-37(41)39-26-23-35(29-43(39)45)50(34-21-18-32(19-22-34)31-14-10-9-11-15-31)36-24-27-40-38-25-20-33(28-42(38)46(3,4)44(40)30-36)49-51-47(5,6)48(7,8)52-49/h9-25,27-30,39H,26H2,1-8H3. The Kier molecular flexibility index (Phi) is 7.30. The molecule has 4 heteroatoms. The summed E-state index contributed by atoms with van der Waals surface area (Å²) in [6.45, 7) is 18.0. The molecule has 1 heterocycles. The van der Waals surface area contributed by atoms with Crippen LogP contribution >= 0.6 is 0 Å². The molecule has 0 N–H and O–H groups in total. The molecule has 1 unspecified atom stereocenters. The van der Waals surface area contributed by atoms with E-state index in [9.17, 15) is 0 Å². The van der Waals surface area contributed by atoms with Crippen molar-refractivity contribution in [3.05, 3.63) is 161 Å². The largest absolute Gasteiger partial charge is 0.494 e. The van der Waals surface area contributed by atoms with E-state index in [1.165, 1.54) is 61.5 Å². The predicted octanol–water partition coefficient (Wildman–Crippen LogP) is 11.4. The van der Waals surface area contributed by atoms with Crippen molar-refractivity contribution in [2.24, 2.45) is 0 Å². The first kappa shape index (κ1) is 33.2. The summed E-state index contributed by atoms with van der Waals surface area (Å²) in [5.41, 5.74) is 15.8. The molecular weight excluding hydrogens is 633 g/mol. The van der Waals surface area contributed by atoms with Gasteiger partial charge in [0.05, 0.1) is 11.2 Å². The zero-order chi connectivity index (χ0) is 36.2. The number of hydrogen-bond acceptors (Lipinski definition) is 3. The van der Waals surface area contributed by atoms with Crippen molar-refractivity contribution in [3.8, 4) is 22.3 Å². The lowest BCUT2D eigenvalue weighted by Gasteiger charge is -2.33. The first-order valence-corrected chi connectivity index (χ1v) is 18.9. The monoisotopic (exact) mass is 681 g/mol. The van der Waals surface area contributed by atoms with Crippen molar-refractivity contribution < 1.29 is 9.31 Å². The fraction of sp³-hybridized carbons (Fsp3) is 0.292. The molecule has 5 aromatic rings. The van der Waals surface area contributed by atoms with Gasteiger partial charge in [-0.25, -0.2) is 0 Å². The highest BCUT2D eigenvalue weighted by Crippen LogP contribution is 2.55. The lowest BCUT2D eigenvalue weighted by Crippen LogP contribution is -2.41. The molecule has 3 aliphatic carbocycles. The van der Waals surface area contributed by atoms with Crippen molar-refractivity contribution in [2.75, 3.05) is 4.90 Å². The summed E-state index contributed by atoms with van der Waals surface area (Å²) in [6, 6.07) is 42.7. The van der Waals surface area contributed by atoms with Gasteiger partial charge < -0.3 is 14.2 Å². The van der Waals surface area contributed by atoms with Crippen LogP contribution < -0.4 is 10.4 Å². The Morgan fingerprint density at radius 1 is 0.577 bits per heavy atom. The molecule has 1 aliphatic heterocycles. The third kappa shape index (κ3) is 4.95. The van der Waals surface area contributed by atoms with Gasteiger partial charge in [0.25, 0.3) is 0 Å². The van der Waals surface area contributed by atoms with E-state index in [0.717, 1.165) is 17.6 Å². The molecule has 0 aromatic heterocycles. The normalized spacial score (nSPS) is 21.1. The van der Waals surface area contributed by atoms with Gasteiger partial charge in [-0.1, -0.05) is 130 Å². The highest BCUT2D eigenvalue weighted by atomic mass is 16.7. The highest BCUT2D eigenvalue weighted by Gasteiger charge is 2.52. The molecular formula is C48H48BNO2. The van der Waals surface area contributed by atoms with E-state index in [4.69, 9.17) is 9.31 Å². The zero-order valence-electron chi connectivity index (χ0n) is 31.7. The lowest BCUT2D eigenvalue weighted by atomic mass is 9.74. The maximum atomic E-state index is 6.48. The van der Waals surface area contributed by atoms with E-state index >= 15 is 0 Å². The highest BCUT2D eigenvalue weighted by molar-refractivity contribution is 6.62. The number of hydrogen-bond donors (Lipinski definition) is 0. The van der Waals surface area contributed by atoms with Crippen molar-refractivity contribution in [2.45, 2.75) is 89.8 Å². The molecule has 1 saturated heterocycles. The summed E-state index contributed by atoms with van der Waals surface area (Å²) in [5, 5.41) is 0. The summed E-state index contributed by atoms with van der Waals surface area (Å²) >= 11 is 0. The first-order valence-electron chi connectivity index (χ1n) is 18.9. The number of allylic oxidation sites excluding steroid dienone is 3.